The van der Waals surface area contributed by atoms with E-state index in [0.29, 0.717) is 6.04 Å². The third-order valence-corrected chi connectivity index (χ3v) is 3.31. The number of hydrogen-bond donors (Lipinski definition) is 1. The molecule has 0 heterocycles. The van der Waals surface area contributed by atoms with Crippen LogP contribution >= 0.6 is 0 Å². The van der Waals surface area contributed by atoms with Crippen molar-refractivity contribution in [2.45, 2.75) is 44.7 Å². The Morgan fingerprint density at radius 1 is 1.22 bits per heavy atom. The molecule has 0 aromatic rings. The van der Waals surface area contributed by atoms with E-state index < -0.39 is 0 Å². The van der Waals surface area contributed by atoms with E-state index in [1.807, 2.05) is 0 Å². The van der Waals surface area contributed by atoms with Crippen LogP contribution in [0.5, 0.6) is 0 Å². The van der Waals surface area contributed by atoms with Crippen molar-refractivity contribution in [3.63, 3.8) is 0 Å². The van der Waals surface area contributed by atoms with E-state index in [-0.39, 0.29) is 6.04 Å². The molecule has 0 saturated heterocycles. The molecule has 1 rings (SSSR count). The standard InChI is InChI=1S/C14H28N4/c1-4-8-18(11-10-17(2)3)9-7-14(12-15)16-13-5-6-13/h13-14,16H,4-11H2,1-3H3. The van der Waals surface area contributed by atoms with Gasteiger partial charge in [-0.3, -0.25) is 5.32 Å². The van der Waals surface area contributed by atoms with E-state index in [2.05, 4.69) is 42.2 Å². The van der Waals surface area contributed by atoms with E-state index in [1.54, 1.807) is 0 Å². The van der Waals surface area contributed by atoms with Crippen LogP contribution in [0.3, 0.4) is 0 Å². The second kappa shape index (κ2) is 8.47. The summed E-state index contributed by atoms with van der Waals surface area (Å²) in [5.74, 6) is 0. The van der Waals surface area contributed by atoms with Gasteiger partial charge in [-0.25, -0.2) is 0 Å². The summed E-state index contributed by atoms with van der Waals surface area (Å²) in [4.78, 5) is 4.69. The van der Waals surface area contributed by atoms with Crippen molar-refractivity contribution in [3.05, 3.63) is 0 Å². The van der Waals surface area contributed by atoms with Crippen LogP contribution in [0.15, 0.2) is 0 Å². The van der Waals surface area contributed by atoms with Crippen molar-refractivity contribution in [1.82, 2.24) is 15.1 Å². The monoisotopic (exact) mass is 252 g/mol. The normalized spacial score (nSPS) is 17.1. The second-order valence-electron chi connectivity index (χ2n) is 5.56. The van der Waals surface area contributed by atoms with Gasteiger partial charge in [0.15, 0.2) is 0 Å². The smallest absolute Gasteiger partial charge is 0.0967 e. The summed E-state index contributed by atoms with van der Waals surface area (Å²) in [7, 11) is 4.22. The van der Waals surface area contributed by atoms with Crippen LogP contribution in [0, 0.1) is 11.3 Å². The minimum atomic E-state index is 0.0382. The number of nitrogens with one attached hydrogen (secondary N) is 1. The van der Waals surface area contributed by atoms with Crippen LogP contribution in [0.1, 0.15) is 32.6 Å². The Labute approximate surface area is 112 Å². The highest BCUT2D eigenvalue weighted by Gasteiger charge is 2.24. The van der Waals surface area contributed by atoms with Gasteiger partial charge in [0.05, 0.1) is 12.1 Å². The molecular weight excluding hydrogens is 224 g/mol. The molecule has 0 bridgehead atoms. The molecule has 4 nitrogen and oxygen atoms in total. The van der Waals surface area contributed by atoms with Crippen molar-refractivity contribution >= 4 is 0 Å². The molecule has 18 heavy (non-hydrogen) atoms. The first-order valence-corrected chi connectivity index (χ1v) is 7.18. The molecule has 0 aliphatic heterocycles. The summed E-state index contributed by atoms with van der Waals surface area (Å²) in [5.41, 5.74) is 0. The molecule has 0 radical (unpaired) electrons. The van der Waals surface area contributed by atoms with Crippen molar-refractivity contribution in [3.8, 4) is 6.07 Å². The predicted molar refractivity (Wildman–Crippen MR) is 75.5 cm³/mol. The Kier molecular flexibility index (Phi) is 7.26. The van der Waals surface area contributed by atoms with E-state index in [1.165, 1.54) is 19.3 Å². The maximum Gasteiger partial charge on any atom is 0.0967 e. The summed E-state index contributed by atoms with van der Waals surface area (Å²) in [5, 5.41) is 12.5. The van der Waals surface area contributed by atoms with Gasteiger partial charge in [0, 0.05) is 25.7 Å². The molecule has 0 amide bonds. The average Bonchev–Trinajstić information content (AvgIpc) is 3.14. The lowest BCUT2D eigenvalue weighted by Gasteiger charge is -2.24. The van der Waals surface area contributed by atoms with Crippen LogP contribution in [-0.2, 0) is 0 Å². The van der Waals surface area contributed by atoms with Crippen molar-refractivity contribution in [2.75, 3.05) is 40.3 Å². The van der Waals surface area contributed by atoms with Crippen LogP contribution in [-0.4, -0.2) is 62.2 Å². The lowest BCUT2D eigenvalue weighted by Crippen LogP contribution is -2.37. The van der Waals surface area contributed by atoms with Crippen LogP contribution < -0.4 is 5.32 Å². The summed E-state index contributed by atoms with van der Waals surface area (Å²) in [6, 6.07) is 3.05. The fourth-order valence-electron chi connectivity index (χ4n) is 2.02. The Morgan fingerprint density at radius 3 is 2.44 bits per heavy atom. The SMILES string of the molecule is CCCN(CCC(C#N)NC1CC1)CCN(C)C. The Bertz CT molecular complexity index is 255. The van der Waals surface area contributed by atoms with Gasteiger partial charge in [0.1, 0.15) is 0 Å². The van der Waals surface area contributed by atoms with Gasteiger partial charge < -0.3 is 9.80 Å². The predicted octanol–water partition coefficient (Wildman–Crippen LogP) is 1.29. The van der Waals surface area contributed by atoms with Gasteiger partial charge in [-0.05, 0) is 46.3 Å². The quantitative estimate of drug-likeness (QED) is 0.636. The van der Waals surface area contributed by atoms with Gasteiger partial charge in [0.2, 0.25) is 0 Å². The summed E-state index contributed by atoms with van der Waals surface area (Å²) in [6.45, 7) is 6.57. The van der Waals surface area contributed by atoms with Crippen LogP contribution in [0.2, 0.25) is 0 Å². The maximum absolute atomic E-state index is 9.12. The molecule has 4 heteroatoms. The van der Waals surface area contributed by atoms with Crippen molar-refractivity contribution < 1.29 is 0 Å². The fraction of sp³-hybridized carbons (Fsp3) is 0.929. The molecule has 1 unspecified atom stereocenters. The second-order valence-corrected chi connectivity index (χ2v) is 5.56. The Morgan fingerprint density at radius 2 is 1.94 bits per heavy atom. The number of nitriles is 1. The fourth-order valence-corrected chi connectivity index (χ4v) is 2.02. The molecule has 0 spiro atoms. The molecule has 104 valence electrons. The third-order valence-electron chi connectivity index (χ3n) is 3.31. The zero-order chi connectivity index (χ0) is 13.4. The lowest BCUT2D eigenvalue weighted by molar-refractivity contribution is 0.234. The summed E-state index contributed by atoms with van der Waals surface area (Å²) < 4.78 is 0. The summed E-state index contributed by atoms with van der Waals surface area (Å²) >= 11 is 0. The van der Waals surface area contributed by atoms with E-state index >= 15 is 0 Å². The van der Waals surface area contributed by atoms with Crippen molar-refractivity contribution in [2.24, 2.45) is 0 Å². The van der Waals surface area contributed by atoms with E-state index in [9.17, 15) is 0 Å². The molecule has 1 fully saturated rings. The number of nitrogens with zero attached hydrogens (tertiary/aromatic N) is 3. The third kappa shape index (κ3) is 6.95. The van der Waals surface area contributed by atoms with Gasteiger partial charge in [-0.1, -0.05) is 6.92 Å². The zero-order valence-corrected chi connectivity index (χ0v) is 12.2. The average molecular weight is 252 g/mol. The Hall–Kier alpha value is -0.630. The van der Waals surface area contributed by atoms with Gasteiger partial charge in [-0.15, -0.1) is 0 Å². The van der Waals surface area contributed by atoms with Crippen LogP contribution in [0.4, 0.5) is 0 Å². The Balaban J connectivity index is 2.23. The van der Waals surface area contributed by atoms with Gasteiger partial charge >= 0.3 is 0 Å². The molecule has 1 saturated carbocycles. The van der Waals surface area contributed by atoms with Crippen LogP contribution in [0.25, 0.3) is 0 Å². The first-order valence-electron chi connectivity index (χ1n) is 7.18. The first kappa shape index (κ1) is 15.4. The molecule has 1 aliphatic carbocycles. The first-order chi connectivity index (χ1) is 8.65. The molecule has 1 aliphatic rings. The van der Waals surface area contributed by atoms with Gasteiger partial charge in [0.25, 0.3) is 0 Å². The maximum atomic E-state index is 9.12. The van der Waals surface area contributed by atoms with E-state index in [4.69, 9.17) is 5.26 Å². The highest BCUT2D eigenvalue weighted by molar-refractivity contribution is 4.96. The highest BCUT2D eigenvalue weighted by atomic mass is 15.2. The molecular formula is C14H28N4. The summed E-state index contributed by atoms with van der Waals surface area (Å²) in [6.07, 6.45) is 4.62. The number of hydrogen-bond acceptors (Lipinski definition) is 4. The molecule has 1 N–H and O–H groups in total. The number of rotatable bonds is 10. The largest absolute Gasteiger partial charge is 0.308 e. The van der Waals surface area contributed by atoms with E-state index in [0.717, 1.165) is 32.6 Å². The minimum Gasteiger partial charge on any atom is -0.308 e. The molecule has 0 aromatic heterocycles. The molecule has 1 atom stereocenters. The zero-order valence-electron chi connectivity index (χ0n) is 12.2. The van der Waals surface area contributed by atoms with Gasteiger partial charge in [-0.2, -0.15) is 5.26 Å². The topological polar surface area (TPSA) is 42.3 Å². The molecule has 0 aromatic carbocycles. The minimum absolute atomic E-state index is 0.0382. The lowest BCUT2D eigenvalue weighted by atomic mass is 10.2. The van der Waals surface area contributed by atoms with Crippen molar-refractivity contribution in [1.29, 1.82) is 5.26 Å². The highest BCUT2D eigenvalue weighted by Crippen LogP contribution is 2.19. The number of likely N-dealkylation sites (N-methyl/N-ethyl adjacent to an activating group) is 1.